The third-order valence-corrected chi connectivity index (χ3v) is 8.72. The molecule has 196 valence electrons. The van der Waals surface area contributed by atoms with Crippen molar-refractivity contribution in [3.8, 4) is 0 Å². The zero-order chi connectivity index (χ0) is 25.7. The minimum atomic E-state index is -3.71. The lowest BCUT2D eigenvalue weighted by Crippen LogP contribution is -2.41. The van der Waals surface area contributed by atoms with Crippen molar-refractivity contribution < 1.29 is 22.3 Å². The molecule has 1 saturated carbocycles. The Balaban J connectivity index is 1.28. The summed E-state index contributed by atoms with van der Waals surface area (Å²) in [4.78, 5) is 19.4. The number of pyridine rings is 1. The van der Waals surface area contributed by atoms with E-state index in [1.807, 2.05) is 6.92 Å². The first-order valence-electron chi connectivity index (χ1n) is 12.6. The van der Waals surface area contributed by atoms with Crippen molar-refractivity contribution in [1.29, 1.82) is 0 Å². The summed E-state index contributed by atoms with van der Waals surface area (Å²) in [5.74, 6) is 0.221. The molecule has 1 amide bonds. The standard InChI is InChI=1S/C26H35FN4O4S/c1-18(19-5-9-21(27)10-6-19)29-26(32)20-7-11-22(12-8-20)30-36(33,34)24-13-14-25(28-16-24)31-15-3-4-23(31)17-35-2/h5-6,9-10,13-14,16,18,20,22-23,30H,3-4,7-8,11-12,15,17H2,1-2H3,(H,29,32)/t18-,20?,22?,23-/m1/s1. The van der Waals surface area contributed by atoms with E-state index in [1.54, 1.807) is 31.4 Å². The maximum atomic E-state index is 13.1. The number of hydrogen-bond donors (Lipinski definition) is 2. The predicted octanol–water partition coefficient (Wildman–Crippen LogP) is 3.55. The molecule has 2 aliphatic rings. The fraction of sp³-hybridized carbons (Fsp3) is 0.538. The van der Waals surface area contributed by atoms with Crippen LogP contribution in [-0.2, 0) is 19.6 Å². The average Bonchev–Trinajstić information content (AvgIpc) is 3.33. The van der Waals surface area contributed by atoms with E-state index in [1.165, 1.54) is 18.3 Å². The normalized spacial score (nSPS) is 23.4. The molecule has 1 aromatic heterocycles. The number of halogens is 1. The number of carbonyl (C=O) groups excluding carboxylic acids is 1. The number of nitrogens with one attached hydrogen (secondary N) is 2. The van der Waals surface area contributed by atoms with Crippen LogP contribution in [0, 0.1) is 11.7 Å². The largest absolute Gasteiger partial charge is 0.383 e. The van der Waals surface area contributed by atoms with Gasteiger partial charge in [-0.3, -0.25) is 4.79 Å². The van der Waals surface area contributed by atoms with E-state index in [0.717, 1.165) is 30.8 Å². The first-order chi connectivity index (χ1) is 17.3. The number of sulfonamides is 1. The molecule has 8 nitrogen and oxygen atoms in total. The molecule has 2 heterocycles. The smallest absolute Gasteiger partial charge is 0.242 e. The SMILES string of the molecule is COC[C@H]1CCCN1c1ccc(S(=O)(=O)NC2CCC(C(=O)N[C@H](C)c3ccc(F)cc3)CC2)cn1. The number of methoxy groups -OCH3 is 1. The zero-order valence-corrected chi connectivity index (χ0v) is 21.6. The summed E-state index contributed by atoms with van der Waals surface area (Å²) in [5.41, 5.74) is 0.838. The molecule has 2 aromatic rings. The van der Waals surface area contributed by atoms with Gasteiger partial charge in [0, 0.05) is 31.8 Å². The summed E-state index contributed by atoms with van der Waals surface area (Å²) in [6, 6.07) is 9.25. The van der Waals surface area contributed by atoms with Crippen LogP contribution in [0.5, 0.6) is 0 Å². The van der Waals surface area contributed by atoms with Gasteiger partial charge in [0.15, 0.2) is 0 Å². The molecule has 36 heavy (non-hydrogen) atoms. The van der Waals surface area contributed by atoms with Gasteiger partial charge in [0.1, 0.15) is 16.5 Å². The number of nitrogens with zero attached hydrogens (tertiary/aromatic N) is 2. The highest BCUT2D eigenvalue weighted by atomic mass is 32.2. The van der Waals surface area contributed by atoms with Crippen LogP contribution in [0.3, 0.4) is 0 Å². The number of rotatable bonds is 9. The quantitative estimate of drug-likeness (QED) is 0.527. The first kappa shape index (κ1) is 26.5. The van der Waals surface area contributed by atoms with E-state index in [0.29, 0.717) is 32.3 Å². The van der Waals surface area contributed by atoms with Gasteiger partial charge in [-0.1, -0.05) is 12.1 Å². The second-order valence-corrected chi connectivity index (χ2v) is 11.5. The van der Waals surface area contributed by atoms with Crippen LogP contribution in [0.2, 0.25) is 0 Å². The second-order valence-electron chi connectivity index (χ2n) is 9.75. The molecule has 10 heteroatoms. The summed E-state index contributed by atoms with van der Waals surface area (Å²) in [6.45, 7) is 3.37. The Morgan fingerprint density at radius 2 is 1.86 bits per heavy atom. The van der Waals surface area contributed by atoms with Gasteiger partial charge in [-0.25, -0.2) is 22.5 Å². The Morgan fingerprint density at radius 1 is 1.14 bits per heavy atom. The van der Waals surface area contributed by atoms with Gasteiger partial charge in [0.05, 0.1) is 18.7 Å². The molecule has 0 bridgehead atoms. The second kappa shape index (κ2) is 11.7. The van der Waals surface area contributed by atoms with Gasteiger partial charge in [-0.15, -0.1) is 0 Å². The predicted molar refractivity (Wildman–Crippen MR) is 136 cm³/mol. The summed E-state index contributed by atoms with van der Waals surface area (Å²) in [7, 11) is -2.03. The summed E-state index contributed by atoms with van der Waals surface area (Å²) < 4.78 is 47.1. The fourth-order valence-electron chi connectivity index (χ4n) is 5.13. The number of benzene rings is 1. The summed E-state index contributed by atoms with van der Waals surface area (Å²) in [5, 5.41) is 2.99. The molecule has 1 aliphatic heterocycles. The molecule has 2 N–H and O–H groups in total. The Hall–Kier alpha value is -2.56. The highest BCUT2D eigenvalue weighted by Crippen LogP contribution is 2.28. The van der Waals surface area contributed by atoms with E-state index in [4.69, 9.17) is 4.74 Å². The van der Waals surface area contributed by atoms with E-state index in [2.05, 4.69) is 19.9 Å². The third-order valence-electron chi connectivity index (χ3n) is 7.21. The molecular weight excluding hydrogens is 483 g/mol. The number of hydrogen-bond acceptors (Lipinski definition) is 6. The van der Waals surface area contributed by atoms with Crippen LogP contribution in [0.15, 0.2) is 47.5 Å². The zero-order valence-electron chi connectivity index (χ0n) is 20.8. The van der Waals surface area contributed by atoms with Crippen molar-refractivity contribution in [2.75, 3.05) is 25.2 Å². The van der Waals surface area contributed by atoms with Crippen molar-refractivity contribution in [2.24, 2.45) is 5.92 Å². The van der Waals surface area contributed by atoms with Crippen molar-refractivity contribution in [3.05, 3.63) is 54.0 Å². The van der Waals surface area contributed by atoms with Crippen LogP contribution < -0.4 is 14.9 Å². The van der Waals surface area contributed by atoms with Crippen LogP contribution in [0.4, 0.5) is 10.2 Å². The Labute approximate surface area is 212 Å². The Morgan fingerprint density at radius 3 is 2.50 bits per heavy atom. The van der Waals surface area contributed by atoms with Crippen LogP contribution in [0.1, 0.15) is 57.1 Å². The van der Waals surface area contributed by atoms with Gasteiger partial charge < -0.3 is 15.0 Å². The van der Waals surface area contributed by atoms with Gasteiger partial charge in [0.2, 0.25) is 15.9 Å². The molecule has 2 atom stereocenters. The van der Waals surface area contributed by atoms with E-state index >= 15 is 0 Å². The number of ether oxygens (including phenoxy) is 1. The maximum Gasteiger partial charge on any atom is 0.242 e. The molecule has 0 unspecified atom stereocenters. The molecule has 2 fully saturated rings. The molecular formula is C26H35FN4O4S. The van der Waals surface area contributed by atoms with Crippen molar-refractivity contribution in [1.82, 2.24) is 15.0 Å². The van der Waals surface area contributed by atoms with Crippen LogP contribution >= 0.6 is 0 Å². The molecule has 0 radical (unpaired) electrons. The third kappa shape index (κ3) is 6.41. The van der Waals surface area contributed by atoms with E-state index in [-0.39, 0.29) is 40.7 Å². The van der Waals surface area contributed by atoms with E-state index in [9.17, 15) is 17.6 Å². The van der Waals surface area contributed by atoms with Crippen LogP contribution in [-0.4, -0.2) is 51.7 Å². The van der Waals surface area contributed by atoms with Crippen LogP contribution in [0.25, 0.3) is 0 Å². The first-order valence-corrected chi connectivity index (χ1v) is 14.0. The molecule has 4 rings (SSSR count). The number of amides is 1. The Kier molecular flexibility index (Phi) is 8.58. The van der Waals surface area contributed by atoms with Gasteiger partial charge in [-0.05, 0) is 75.3 Å². The Bertz CT molecular complexity index is 1120. The average molecular weight is 519 g/mol. The summed E-state index contributed by atoms with van der Waals surface area (Å²) >= 11 is 0. The highest BCUT2D eigenvalue weighted by molar-refractivity contribution is 7.89. The van der Waals surface area contributed by atoms with Gasteiger partial charge >= 0.3 is 0 Å². The van der Waals surface area contributed by atoms with Crippen molar-refractivity contribution in [2.45, 2.75) is 68.5 Å². The minimum Gasteiger partial charge on any atom is -0.383 e. The lowest BCUT2D eigenvalue weighted by Gasteiger charge is -2.29. The summed E-state index contributed by atoms with van der Waals surface area (Å²) in [6.07, 6.45) is 5.87. The lowest BCUT2D eigenvalue weighted by atomic mass is 9.85. The minimum absolute atomic E-state index is 0.0541. The lowest BCUT2D eigenvalue weighted by molar-refractivity contribution is -0.126. The van der Waals surface area contributed by atoms with E-state index < -0.39 is 10.0 Å². The van der Waals surface area contributed by atoms with Gasteiger partial charge in [0.25, 0.3) is 0 Å². The highest BCUT2D eigenvalue weighted by Gasteiger charge is 2.30. The molecule has 1 aliphatic carbocycles. The fourth-order valence-corrected chi connectivity index (χ4v) is 6.38. The van der Waals surface area contributed by atoms with Gasteiger partial charge in [-0.2, -0.15) is 0 Å². The molecule has 0 spiro atoms. The topological polar surface area (TPSA) is 101 Å². The van der Waals surface area contributed by atoms with Crippen molar-refractivity contribution >= 4 is 21.7 Å². The number of aromatic nitrogens is 1. The monoisotopic (exact) mass is 518 g/mol. The molecule has 1 saturated heterocycles. The maximum absolute atomic E-state index is 13.1. The number of carbonyl (C=O) groups is 1. The molecule has 1 aromatic carbocycles. The number of anilines is 1. The van der Waals surface area contributed by atoms with Crippen molar-refractivity contribution in [3.63, 3.8) is 0 Å².